The maximum atomic E-state index is 12.6. The molecule has 0 bridgehead atoms. The predicted molar refractivity (Wildman–Crippen MR) is 46.2 cm³/mol. The van der Waals surface area contributed by atoms with Crippen molar-refractivity contribution in [3.05, 3.63) is 28.5 Å². The van der Waals surface area contributed by atoms with Gasteiger partial charge in [0.1, 0.15) is 17.4 Å². The zero-order chi connectivity index (χ0) is 9.42. The van der Waals surface area contributed by atoms with E-state index in [-0.39, 0.29) is 11.1 Å². The molecule has 0 radical (unpaired) electrons. The third-order valence-electron chi connectivity index (χ3n) is 2.08. The van der Waals surface area contributed by atoms with Crippen LogP contribution in [0.2, 0.25) is 5.15 Å². The van der Waals surface area contributed by atoms with Crippen LogP contribution >= 0.6 is 11.6 Å². The summed E-state index contributed by atoms with van der Waals surface area (Å²) in [7, 11) is 0. The molecular formula is C9H6ClFN2. The van der Waals surface area contributed by atoms with E-state index in [1.165, 1.54) is 0 Å². The smallest absolute Gasteiger partial charge is 0.147 e. The summed E-state index contributed by atoms with van der Waals surface area (Å²) in [5.74, 6) is -0.106. The predicted octanol–water partition coefficient (Wildman–Crippen LogP) is 2.43. The van der Waals surface area contributed by atoms with Crippen LogP contribution in [0.5, 0.6) is 0 Å². The second-order valence-corrected chi connectivity index (χ2v) is 3.40. The average Bonchev–Trinajstić information content (AvgIpc) is 2.82. The van der Waals surface area contributed by atoms with Crippen LogP contribution < -0.4 is 0 Å². The Morgan fingerprint density at radius 2 is 2.31 bits per heavy atom. The largest absolute Gasteiger partial charge is 0.247 e. The van der Waals surface area contributed by atoms with Crippen LogP contribution in [0.4, 0.5) is 4.39 Å². The molecule has 0 N–H and O–H groups in total. The molecule has 1 aromatic rings. The minimum absolute atomic E-state index is 0.106. The topological polar surface area (TPSA) is 36.7 Å². The van der Waals surface area contributed by atoms with Crippen molar-refractivity contribution in [2.24, 2.45) is 0 Å². The van der Waals surface area contributed by atoms with E-state index in [0.29, 0.717) is 17.7 Å². The van der Waals surface area contributed by atoms with Crippen molar-refractivity contribution < 1.29 is 4.39 Å². The number of halogens is 2. The summed E-state index contributed by atoms with van der Waals surface area (Å²) in [6.45, 7) is 0. The first-order chi connectivity index (χ1) is 6.22. The lowest BCUT2D eigenvalue weighted by atomic mass is 10.2. The van der Waals surface area contributed by atoms with E-state index in [1.54, 1.807) is 12.1 Å². The molecular weight excluding hydrogens is 191 g/mol. The summed E-state index contributed by atoms with van der Waals surface area (Å²) < 4.78 is 12.6. The summed E-state index contributed by atoms with van der Waals surface area (Å²) >= 11 is 5.69. The molecule has 2 nitrogen and oxygen atoms in total. The molecule has 0 spiro atoms. The molecule has 1 fully saturated rings. The number of nitrogens with zero attached hydrogens (tertiary/aromatic N) is 2. The summed E-state index contributed by atoms with van der Waals surface area (Å²) in [6, 6.07) is 5.15. The fourth-order valence-electron chi connectivity index (χ4n) is 1.21. The number of aromatic nitrogens is 1. The number of rotatable bonds is 1. The van der Waals surface area contributed by atoms with Crippen LogP contribution in [0.3, 0.4) is 0 Å². The Balaban J connectivity index is 2.32. The zero-order valence-corrected chi connectivity index (χ0v) is 7.42. The molecule has 13 heavy (non-hydrogen) atoms. The number of hydrogen-bond donors (Lipinski definition) is 0. The van der Waals surface area contributed by atoms with Crippen LogP contribution in [-0.4, -0.2) is 11.2 Å². The maximum absolute atomic E-state index is 12.6. The van der Waals surface area contributed by atoms with Gasteiger partial charge in [-0.1, -0.05) is 11.6 Å². The molecule has 66 valence electrons. The number of pyridine rings is 1. The van der Waals surface area contributed by atoms with Crippen molar-refractivity contribution in [2.75, 3.05) is 0 Å². The van der Waals surface area contributed by atoms with Gasteiger partial charge in [0, 0.05) is 11.6 Å². The highest BCUT2D eigenvalue weighted by Gasteiger charge is 2.40. The van der Waals surface area contributed by atoms with E-state index in [2.05, 4.69) is 4.98 Å². The molecule has 0 saturated heterocycles. The summed E-state index contributed by atoms with van der Waals surface area (Å²) in [6.07, 6.45) is -0.258. The third kappa shape index (κ3) is 1.50. The van der Waals surface area contributed by atoms with Gasteiger partial charge in [0.25, 0.3) is 0 Å². The van der Waals surface area contributed by atoms with Gasteiger partial charge in [0.2, 0.25) is 0 Å². The molecule has 1 heterocycles. The van der Waals surface area contributed by atoms with E-state index in [0.717, 1.165) is 0 Å². The van der Waals surface area contributed by atoms with Crippen LogP contribution in [0, 0.1) is 11.3 Å². The van der Waals surface area contributed by atoms with Gasteiger partial charge in [-0.25, -0.2) is 9.37 Å². The minimum atomic E-state index is -0.781. The molecule has 0 aliphatic heterocycles. The lowest BCUT2D eigenvalue weighted by Gasteiger charge is -1.98. The van der Waals surface area contributed by atoms with E-state index in [9.17, 15) is 4.39 Å². The first-order valence-corrected chi connectivity index (χ1v) is 4.31. The van der Waals surface area contributed by atoms with Crippen LogP contribution in [0.25, 0.3) is 0 Å². The van der Waals surface area contributed by atoms with E-state index in [1.807, 2.05) is 6.07 Å². The normalized spacial score (nSPS) is 25.3. The molecule has 0 amide bonds. The van der Waals surface area contributed by atoms with Crippen LogP contribution in [0.1, 0.15) is 23.6 Å². The van der Waals surface area contributed by atoms with Gasteiger partial charge in [-0.05, 0) is 18.6 Å². The van der Waals surface area contributed by atoms with Gasteiger partial charge in [0.15, 0.2) is 0 Å². The zero-order valence-electron chi connectivity index (χ0n) is 6.67. The molecule has 4 heteroatoms. The van der Waals surface area contributed by atoms with Crippen molar-refractivity contribution in [3.63, 3.8) is 0 Å². The van der Waals surface area contributed by atoms with Gasteiger partial charge < -0.3 is 0 Å². The first kappa shape index (κ1) is 8.46. The van der Waals surface area contributed by atoms with Crippen LogP contribution in [-0.2, 0) is 0 Å². The maximum Gasteiger partial charge on any atom is 0.147 e. The summed E-state index contributed by atoms with van der Waals surface area (Å²) in [4.78, 5) is 3.96. The van der Waals surface area contributed by atoms with Gasteiger partial charge >= 0.3 is 0 Å². The van der Waals surface area contributed by atoms with Crippen LogP contribution in [0.15, 0.2) is 12.1 Å². The number of alkyl halides is 1. The monoisotopic (exact) mass is 196 g/mol. The Hall–Kier alpha value is -1.14. The van der Waals surface area contributed by atoms with Crippen molar-refractivity contribution >= 4 is 11.6 Å². The van der Waals surface area contributed by atoms with E-state index >= 15 is 0 Å². The number of nitriles is 1. The van der Waals surface area contributed by atoms with Gasteiger partial charge in [-0.15, -0.1) is 0 Å². The first-order valence-electron chi connectivity index (χ1n) is 3.93. The van der Waals surface area contributed by atoms with Gasteiger partial charge in [-0.2, -0.15) is 5.26 Å². The van der Waals surface area contributed by atoms with Gasteiger partial charge in [0.05, 0.1) is 5.56 Å². The number of hydrogen-bond acceptors (Lipinski definition) is 2. The Morgan fingerprint density at radius 1 is 1.62 bits per heavy atom. The molecule has 1 aliphatic carbocycles. The molecule has 0 unspecified atom stereocenters. The Bertz CT molecular complexity index is 386. The quantitative estimate of drug-likeness (QED) is 0.647. The van der Waals surface area contributed by atoms with Gasteiger partial charge in [-0.3, -0.25) is 0 Å². The van der Waals surface area contributed by atoms with E-state index in [4.69, 9.17) is 16.9 Å². The lowest BCUT2D eigenvalue weighted by molar-refractivity contribution is 0.467. The van der Waals surface area contributed by atoms with Crippen molar-refractivity contribution in [2.45, 2.75) is 18.5 Å². The fourth-order valence-corrected chi connectivity index (χ4v) is 1.41. The molecule has 2 atom stereocenters. The molecule has 1 saturated carbocycles. The summed E-state index contributed by atoms with van der Waals surface area (Å²) in [5, 5.41) is 8.73. The second kappa shape index (κ2) is 2.97. The third-order valence-corrected chi connectivity index (χ3v) is 2.37. The molecule has 1 aliphatic rings. The lowest BCUT2D eigenvalue weighted by Crippen LogP contribution is -1.91. The Labute approximate surface area is 80.0 Å². The van der Waals surface area contributed by atoms with Crippen molar-refractivity contribution in [1.82, 2.24) is 4.98 Å². The standard InChI is InChI=1S/C9H6ClFN2/c10-9-5(4-12)1-2-8(13-9)6-3-7(6)11/h1-2,6-7H,3H2/t6-,7-/m1/s1. The second-order valence-electron chi connectivity index (χ2n) is 3.04. The highest BCUT2D eigenvalue weighted by atomic mass is 35.5. The molecule has 0 aromatic carbocycles. The molecule has 1 aromatic heterocycles. The SMILES string of the molecule is N#Cc1ccc([C@@H]2C[C@H]2F)nc1Cl. The fraction of sp³-hybridized carbons (Fsp3) is 0.333. The average molecular weight is 197 g/mol. The van der Waals surface area contributed by atoms with E-state index < -0.39 is 6.17 Å². The highest BCUT2D eigenvalue weighted by Crippen LogP contribution is 2.42. The minimum Gasteiger partial charge on any atom is -0.247 e. The Morgan fingerprint density at radius 3 is 2.77 bits per heavy atom. The highest BCUT2D eigenvalue weighted by molar-refractivity contribution is 6.30. The Kier molecular flexibility index (Phi) is 1.93. The summed E-state index contributed by atoms with van der Waals surface area (Å²) in [5.41, 5.74) is 0.984. The molecule has 2 rings (SSSR count). The van der Waals surface area contributed by atoms with Crippen molar-refractivity contribution in [3.8, 4) is 6.07 Å². The van der Waals surface area contributed by atoms with Crippen molar-refractivity contribution in [1.29, 1.82) is 5.26 Å².